The summed E-state index contributed by atoms with van der Waals surface area (Å²) >= 11 is 2.47. The predicted molar refractivity (Wildman–Crippen MR) is 189 cm³/mol. The second kappa shape index (κ2) is 10.3. The lowest BCUT2D eigenvalue weighted by Gasteiger charge is -2.15. The maximum atomic E-state index is 5.37. The Kier molecular flexibility index (Phi) is 6.69. The van der Waals surface area contributed by atoms with Gasteiger partial charge in [0.2, 0.25) is 0 Å². The Labute approximate surface area is 266 Å². The molecule has 4 nitrogen and oxygen atoms in total. The van der Waals surface area contributed by atoms with E-state index in [0.29, 0.717) is 0 Å². The maximum Gasteiger partial charge on any atom is 0.0737 e. The molecule has 0 saturated carbocycles. The fourth-order valence-electron chi connectivity index (χ4n) is 6.59. The number of H-pyrrole nitrogens is 2. The minimum atomic E-state index is -0.0704. The first-order valence-electron chi connectivity index (χ1n) is 14.8. The number of benzene rings is 2. The van der Waals surface area contributed by atoms with E-state index >= 15 is 0 Å². The number of nitrogens with zero attached hydrogens (tertiary/aromatic N) is 2. The molecule has 2 aliphatic heterocycles. The van der Waals surface area contributed by atoms with Gasteiger partial charge in [-0.1, -0.05) is 61.4 Å². The van der Waals surface area contributed by atoms with Crippen LogP contribution in [0.5, 0.6) is 0 Å². The number of nitrogens with one attached hydrogen (secondary N) is 2. The first kappa shape index (κ1) is 27.8. The summed E-state index contributed by atoms with van der Waals surface area (Å²) in [6.45, 7) is 13.3. The van der Waals surface area contributed by atoms with Crippen LogP contribution in [0.15, 0.2) is 66.7 Å². The van der Waals surface area contributed by atoms with Gasteiger partial charge in [-0.15, -0.1) is 0 Å². The minimum absolute atomic E-state index is 0.0704. The van der Waals surface area contributed by atoms with Gasteiger partial charge >= 0.3 is 0 Å². The highest BCUT2D eigenvalue weighted by Crippen LogP contribution is 2.38. The van der Waals surface area contributed by atoms with E-state index in [1.807, 2.05) is 0 Å². The lowest BCUT2D eigenvalue weighted by atomic mass is 9.87. The van der Waals surface area contributed by atoms with Gasteiger partial charge in [0.25, 0.3) is 0 Å². The van der Waals surface area contributed by atoms with Crippen molar-refractivity contribution < 1.29 is 0 Å². The Morgan fingerprint density at radius 2 is 1.28 bits per heavy atom. The maximum absolute atomic E-state index is 5.37. The third-order valence-corrected chi connectivity index (χ3v) is 9.90. The summed E-state index contributed by atoms with van der Waals surface area (Å²) in [4.78, 5) is 18.1. The summed E-state index contributed by atoms with van der Waals surface area (Å²) in [7, 11) is 0. The lowest BCUT2D eigenvalue weighted by Crippen LogP contribution is -2.15. The van der Waals surface area contributed by atoms with E-state index in [1.165, 1.54) is 27.8 Å². The zero-order valence-electron chi connectivity index (χ0n) is 25.5. The fraction of sp³-hybridized carbons (Fsp3) is 0.211. The molecule has 2 aliphatic rings. The Morgan fingerprint density at radius 3 is 2.00 bits per heavy atom. The Balaban J connectivity index is 1.67. The third-order valence-electron chi connectivity index (χ3n) is 8.69. The first-order valence-corrected chi connectivity index (χ1v) is 15.9. The zero-order valence-corrected chi connectivity index (χ0v) is 27.6. The van der Waals surface area contributed by atoms with Crippen molar-refractivity contribution in [1.82, 2.24) is 19.9 Å². The van der Waals surface area contributed by atoms with E-state index in [0.717, 1.165) is 71.5 Å². The molecular formula is C38H35IN4. The minimum Gasteiger partial charge on any atom is -0.355 e. The van der Waals surface area contributed by atoms with Gasteiger partial charge in [-0.2, -0.15) is 0 Å². The van der Waals surface area contributed by atoms with Crippen molar-refractivity contribution in [3.63, 3.8) is 0 Å². The molecule has 5 heteroatoms. The van der Waals surface area contributed by atoms with Crippen molar-refractivity contribution in [3.8, 4) is 22.3 Å². The van der Waals surface area contributed by atoms with Gasteiger partial charge in [0.15, 0.2) is 0 Å². The lowest BCUT2D eigenvalue weighted by molar-refractivity contribution is 0.543. The van der Waals surface area contributed by atoms with Crippen molar-refractivity contribution in [1.29, 1.82) is 0 Å². The molecule has 0 atom stereocenters. The molecule has 0 amide bonds. The molecule has 214 valence electrons. The Morgan fingerprint density at radius 1 is 0.651 bits per heavy atom. The van der Waals surface area contributed by atoms with Gasteiger partial charge in [0.1, 0.15) is 0 Å². The molecule has 8 bridgehead atoms. The Bertz CT molecular complexity index is 2100. The van der Waals surface area contributed by atoms with Gasteiger partial charge in [0, 0.05) is 45.2 Å². The van der Waals surface area contributed by atoms with E-state index in [1.54, 1.807) is 0 Å². The highest BCUT2D eigenvalue weighted by molar-refractivity contribution is 14.1. The van der Waals surface area contributed by atoms with Gasteiger partial charge in [-0.05, 0) is 115 Å². The van der Waals surface area contributed by atoms with Gasteiger partial charge in [-0.3, -0.25) is 4.98 Å². The molecule has 0 radical (unpaired) electrons. The number of hydrogen-bond donors (Lipinski definition) is 2. The van der Waals surface area contributed by atoms with E-state index in [-0.39, 0.29) is 5.41 Å². The van der Waals surface area contributed by atoms with E-state index in [4.69, 9.17) is 9.97 Å². The number of aromatic nitrogens is 4. The molecular weight excluding hydrogens is 639 g/mol. The molecule has 43 heavy (non-hydrogen) atoms. The summed E-state index contributed by atoms with van der Waals surface area (Å²) in [5.74, 6) is 0. The van der Waals surface area contributed by atoms with E-state index < -0.39 is 0 Å². The molecule has 0 fully saturated rings. The molecule has 7 rings (SSSR count). The third kappa shape index (κ3) is 4.93. The smallest absolute Gasteiger partial charge is 0.0737 e. The number of fused-ring (bicyclic) bond motifs is 8. The van der Waals surface area contributed by atoms with Crippen LogP contribution in [-0.2, 0) is 11.8 Å². The molecule has 3 aromatic heterocycles. The number of aryl methyl sites for hydroxylation is 4. The largest absolute Gasteiger partial charge is 0.355 e. The second-order valence-electron chi connectivity index (χ2n) is 12.7. The van der Waals surface area contributed by atoms with Crippen LogP contribution in [0.1, 0.15) is 58.9 Å². The highest BCUT2D eigenvalue weighted by atomic mass is 127. The van der Waals surface area contributed by atoms with Crippen LogP contribution in [0.4, 0.5) is 0 Å². The summed E-state index contributed by atoms with van der Waals surface area (Å²) in [6, 6.07) is 24.2. The monoisotopic (exact) mass is 674 g/mol. The standard InChI is InChI=1S/C38H35IN4/c1-21-7-9-25(10-8-21)35-27-12-11-26(40-27)19-33-38(5,6)20-32(43-33)37(39)31-16-15-30(42-31)36(29-14-13-28(35)41-29)34-23(3)17-22(2)18-24(34)4/h7-19,40,42H,20H2,1-6H3. The molecule has 2 aromatic carbocycles. The van der Waals surface area contributed by atoms with Crippen molar-refractivity contribution in [2.24, 2.45) is 0 Å². The highest BCUT2D eigenvalue weighted by Gasteiger charge is 2.30. The van der Waals surface area contributed by atoms with Crippen molar-refractivity contribution >= 4 is 56.8 Å². The number of aromatic amines is 2. The number of rotatable bonds is 2. The normalized spacial score (nSPS) is 13.9. The van der Waals surface area contributed by atoms with E-state index in [2.05, 4.69) is 153 Å². The topological polar surface area (TPSA) is 57.4 Å². The zero-order chi connectivity index (χ0) is 30.0. The first-order chi connectivity index (χ1) is 20.6. The number of hydrogen-bond acceptors (Lipinski definition) is 2. The van der Waals surface area contributed by atoms with Gasteiger partial charge < -0.3 is 9.97 Å². The quantitative estimate of drug-likeness (QED) is 0.180. The summed E-state index contributed by atoms with van der Waals surface area (Å²) in [5, 5.41) is 0. The molecule has 0 saturated heterocycles. The predicted octanol–water partition coefficient (Wildman–Crippen LogP) is 10.2. The van der Waals surface area contributed by atoms with Crippen LogP contribution in [0.25, 0.3) is 56.5 Å². The molecule has 0 aliphatic carbocycles. The Hall–Kier alpha value is -3.97. The van der Waals surface area contributed by atoms with Crippen LogP contribution in [0.3, 0.4) is 0 Å². The average molecular weight is 675 g/mol. The van der Waals surface area contributed by atoms with Gasteiger partial charge in [0.05, 0.1) is 26.2 Å². The van der Waals surface area contributed by atoms with Crippen molar-refractivity contribution in [2.45, 2.75) is 53.4 Å². The van der Waals surface area contributed by atoms with Crippen LogP contribution in [-0.4, -0.2) is 19.9 Å². The molecule has 0 spiro atoms. The van der Waals surface area contributed by atoms with Crippen LogP contribution < -0.4 is 0 Å². The molecule has 0 unspecified atom stereocenters. The molecule has 5 aromatic rings. The van der Waals surface area contributed by atoms with Crippen LogP contribution in [0, 0.1) is 31.3 Å². The SMILES string of the molecule is Cc1ccc(-c2c3nc(c(-c4c(C)cc(C)cc4C)c4ccc([nH]4)c(I)c4nc(cc5ccc2[nH]5)C(C)(C)C4)C=C3)cc1. The van der Waals surface area contributed by atoms with E-state index in [9.17, 15) is 0 Å². The fourth-order valence-corrected chi connectivity index (χ4v) is 7.22. The van der Waals surface area contributed by atoms with Crippen molar-refractivity contribution in [3.05, 3.63) is 115 Å². The second-order valence-corrected chi connectivity index (χ2v) is 13.8. The summed E-state index contributed by atoms with van der Waals surface area (Å²) < 4.78 is 1.16. The van der Waals surface area contributed by atoms with Gasteiger partial charge in [-0.25, -0.2) is 4.98 Å². The van der Waals surface area contributed by atoms with Crippen LogP contribution in [0.2, 0.25) is 0 Å². The summed E-state index contributed by atoms with van der Waals surface area (Å²) in [5.41, 5.74) is 17.8. The molecule has 2 N–H and O–H groups in total. The molecule has 5 heterocycles. The average Bonchev–Trinajstić information content (AvgIpc) is 3.75. The van der Waals surface area contributed by atoms with Crippen LogP contribution >= 0.6 is 22.6 Å². The summed E-state index contributed by atoms with van der Waals surface area (Å²) in [6.07, 6.45) is 5.22. The number of halogens is 1. The van der Waals surface area contributed by atoms with Crippen molar-refractivity contribution in [2.75, 3.05) is 0 Å².